The Kier molecular flexibility index (Phi) is 11.2. The first-order valence-electron chi connectivity index (χ1n) is 13.1. The standard InChI is InChI=1S/C30H36BrN3O5S/c1-5-39-27-14-16-28(17-15-27)40(37,38)34(26-12-7-6-8-13-26)21-29(35)33(20-24-10-9-11-25(31)18-24)23(4)30(36)32-19-22(2)3/h6-18,22-23H,5,19-21H2,1-4H3,(H,32,36)/t23-/m1/s1. The number of rotatable bonds is 13. The molecule has 214 valence electrons. The van der Waals surface area contributed by atoms with Gasteiger partial charge in [-0.25, -0.2) is 8.42 Å². The number of carbonyl (C=O) groups excluding carboxylic acids is 2. The Morgan fingerprint density at radius 1 is 0.950 bits per heavy atom. The maximum absolute atomic E-state index is 13.9. The van der Waals surface area contributed by atoms with Crippen LogP contribution in [0, 0.1) is 5.92 Å². The summed E-state index contributed by atoms with van der Waals surface area (Å²) in [7, 11) is -4.14. The third-order valence-electron chi connectivity index (χ3n) is 6.14. The maximum Gasteiger partial charge on any atom is 0.264 e. The molecule has 0 saturated heterocycles. The van der Waals surface area contributed by atoms with Gasteiger partial charge in [0.15, 0.2) is 0 Å². The predicted molar refractivity (Wildman–Crippen MR) is 161 cm³/mol. The topological polar surface area (TPSA) is 96.0 Å². The number of hydrogen-bond donors (Lipinski definition) is 1. The molecule has 1 N–H and O–H groups in total. The lowest BCUT2D eigenvalue weighted by molar-refractivity contribution is -0.139. The average Bonchev–Trinajstić information content (AvgIpc) is 2.93. The monoisotopic (exact) mass is 629 g/mol. The van der Waals surface area contributed by atoms with Crippen molar-refractivity contribution in [3.8, 4) is 5.75 Å². The molecular weight excluding hydrogens is 594 g/mol. The van der Waals surface area contributed by atoms with Crippen LogP contribution in [0.25, 0.3) is 0 Å². The molecule has 10 heteroatoms. The van der Waals surface area contributed by atoms with Crippen molar-refractivity contribution in [2.45, 2.75) is 45.2 Å². The number of amides is 2. The van der Waals surface area contributed by atoms with Gasteiger partial charge >= 0.3 is 0 Å². The number of nitrogens with zero attached hydrogens (tertiary/aromatic N) is 2. The van der Waals surface area contributed by atoms with Gasteiger partial charge in [0.1, 0.15) is 18.3 Å². The van der Waals surface area contributed by atoms with E-state index in [1.165, 1.54) is 17.0 Å². The molecule has 0 aliphatic rings. The van der Waals surface area contributed by atoms with Gasteiger partial charge in [-0.2, -0.15) is 0 Å². The first-order valence-corrected chi connectivity index (χ1v) is 15.4. The Labute approximate surface area is 245 Å². The summed E-state index contributed by atoms with van der Waals surface area (Å²) in [6.07, 6.45) is 0. The normalized spacial score (nSPS) is 12.1. The van der Waals surface area contributed by atoms with Crippen LogP contribution in [0.1, 0.15) is 33.3 Å². The van der Waals surface area contributed by atoms with Crippen molar-refractivity contribution in [2.75, 3.05) is 24.0 Å². The van der Waals surface area contributed by atoms with Crippen LogP contribution in [-0.4, -0.2) is 50.9 Å². The number of hydrogen-bond acceptors (Lipinski definition) is 5. The summed E-state index contributed by atoms with van der Waals surface area (Å²) in [5.74, 6) is -0.0355. The molecular formula is C30H36BrN3O5S. The van der Waals surface area contributed by atoms with E-state index in [4.69, 9.17) is 4.74 Å². The number of nitrogens with one attached hydrogen (secondary N) is 1. The Hall–Kier alpha value is -3.37. The van der Waals surface area contributed by atoms with Gasteiger partial charge in [-0.05, 0) is 73.9 Å². The molecule has 0 fully saturated rings. The highest BCUT2D eigenvalue weighted by Gasteiger charge is 2.32. The summed E-state index contributed by atoms with van der Waals surface area (Å²) in [5, 5.41) is 2.89. The first-order chi connectivity index (χ1) is 19.0. The van der Waals surface area contributed by atoms with Crippen LogP contribution in [0.15, 0.2) is 88.2 Å². The number of sulfonamides is 1. The highest BCUT2D eigenvalue weighted by atomic mass is 79.9. The van der Waals surface area contributed by atoms with Gasteiger partial charge in [0, 0.05) is 17.6 Å². The van der Waals surface area contributed by atoms with Gasteiger partial charge in [0.2, 0.25) is 11.8 Å². The van der Waals surface area contributed by atoms with Gasteiger partial charge in [0.05, 0.1) is 17.2 Å². The van der Waals surface area contributed by atoms with E-state index in [9.17, 15) is 18.0 Å². The minimum absolute atomic E-state index is 0.0221. The van der Waals surface area contributed by atoms with Gasteiger partial charge in [-0.3, -0.25) is 13.9 Å². The van der Waals surface area contributed by atoms with E-state index in [0.717, 1.165) is 14.3 Å². The summed E-state index contributed by atoms with van der Waals surface area (Å²) >= 11 is 3.45. The fraction of sp³-hybridized carbons (Fsp3) is 0.333. The Bertz CT molecular complexity index is 1380. The quantitative estimate of drug-likeness (QED) is 0.279. The third kappa shape index (κ3) is 8.32. The lowest BCUT2D eigenvalue weighted by atomic mass is 10.1. The van der Waals surface area contributed by atoms with Gasteiger partial charge in [-0.1, -0.05) is 60.1 Å². The fourth-order valence-electron chi connectivity index (χ4n) is 3.99. The molecule has 3 aromatic rings. The van der Waals surface area contributed by atoms with E-state index in [1.54, 1.807) is 49.4 Å². The predicted octanol–water partition coefficient (Wildman–Crippen LogP) is 5.23. The molecule has 0 aliphatic heterocycles. The van der Waals surface area contributed by atoms with Crippen molar-refractivity contribution in [1.82, 2.24) is 10.2 Å². The second-order valence-corrected chi connectivity index (χ2v) is 12.5. The van der Waals surface area contributed by atoms with Gasteiger partial charge in [0.25, 0.3) is 10.0 Å². The molecule has 40 heavy (non-hydrogen) atoms. The number of anilines is 1. The number of halogens is 1. The van der Waals surface area contributed by atoms with Crippen LogP contribution in [0.2, 0.25) is 0 Å². The van der Waals surface area contributed by atoms with Crippen molar-refractivity contribution in [2.24, 2.45) is 5.92 Å². The minimum atomic E-state index is -4.14. The van der Waals surface area contributed by atoms with E-state index in [-0.39, 0.29) is 23.3 Å². The Morgan fingerprint density at radius 2 is 1.62 bits per heavy atom. The lowest BCUT2D eigenvalue weighted by Gasteiger charge is -2.32. The molecule has 0 radical (unpaired) electrons. The second-order valence-electron chi connectivity index (χ2n) is 9.72. The molecule has 0 aromatic heterocycles. The Balaban J connectivity index is 1.98. The van der Waals surface area contributed by atoms with Gasteiger partial charge < -0.3 is 15.0 Å². The van der Waals surface area contributed by atoms with Gasteiger partial charge in [-0.15, -0.1) is 0 Å². The average molecular weight is 631 g/mol. The SMILES string of the molecule is CCOc1ccc(S(=O)(=O)N(CC(=O)N(Cc2cccc(Br)c2)[C@H](C)C(=O)NCC(C)C)c2ccccc2)cc1. The van der Waals surface area contributed by atoms with Crippen LogP contribution in [0.4, 0.5) is 5.69 Å². The summed E-state index contributed by atoms with van der Waals surface area (Å²) < 4.78 is 35.1. The first kappa shape index (κ1) is 31.2. The smallest absolute Gasteiger partial charge is 0.264 e. The molecule has 0 saturated carbocycles. The molecule has 0 heterocycles. The van der Waals surface area contributed by atoms with Crippen LogP contribution in [-0.2, 0) is 26.2 Å². The molecule has 2 amide bonds. The summed E-state index contributed by atoms with van der Waals surface area (Å²) in [6.45, 7) is 8.02. The van der Waals surface area contributed by atoms with E-state index in [0.29, 0.717) is 24.6 Å². The number of ether oxygens (including phenoxy) is 1. The van der Waals surface area contributed by atoms with E-state index < -0.39 is 28.5 Å². The number of para-hydroxylation sites is 1. The van der Waals surface area contributed by atoms with Crippen LogP contribution in [0.3, 0.4) is 0 Å². The molecule has 3 rings (SSSR count). The summed E-state index contributed by atoms with van der Waals surface area (Å²) in [4.78, 5) is 28.4. The lowest BCUT2D eigenvalue weighted by Crippen LogP contribution is -2.51. The Morgan fingerprint density at radius 3 is 2.23 bits per heavy atom. The summed E-state index contributed by atoms with van der Waals surface area (Å²) in [6, 6.07) is 21.2. The molecule has 0 unspecified atom stereocenters. The van der Waals surface area contributed by atoms with E-state index >= 15 is 0 Å². The maximum atomic E-state index is 13.9. The van der Waals surface area contributed by atoms with E-state index in [1.807, 2.05) is 45.0 Å². The van der Waals surface area contributed by atoms with Crippen LogP contribution in [0.5, 0.6) is 5.75 Å². The number of benzene rings is 3. The minimum Gasteiger partial charge on any atom is -0.494 e. The molecule has 0 bridgehead atoms. The van der Waals surface area contributed by atoms with Crippen molar-refractivity contribution in [3.63, 3.8) is 0 Å². The second kappa shape index (κ2) is 14.3. The van der Waals surface area contributed by atoms with Crippen LogP contribution < -0.4 is 14.4 Å². The molecule has 0 aliphatic carbocycles. The largest absolute Gasteiger partial charge is 0.494 e. The van der Waals surface area contributed by atoms with Crippen molar-refractivity contribution in [1.29, 1.82) is 0 Å². The summed E-state index contributed by atoms with van der Waals surface area (Å²) in [5.41, 5.74) is 1.14. The zero-order valence-electron chi connectivity index (χ0n) is 23.2. The number of carbonyl (C=O) groups is 2. The fourth-order valence-corrected chi connectivity index (χ4v) is 5.85. The molecule has 0 spiro atoms. The highest BCUT2D eigenvalue weighted by Crippen LogP contribution is 2.26. The third-order valence-corrected chi connectivity index (χ3v) is 8.42. The van der Waals surface area contributed by atoms with E-state index in [2.05, 4.69) is 21.2 Å². The van der Waals surface area contributed by atoms with Crippen molar-refractivity contribution in [3.05, 3.63) is 88.9 Å². The van der Waals surface area contributed by atoms with Crippen molar-refractivity contribution < 1.29 is 22.7 Å². The highest BCUT2D eigenvalue weighted by molar-refractivity contribution is 9.10. The van der Waals surface area contributed by atoms with Crippen molar-refractivity contribution >= 4 is 43.5 Å². The van der Waals surface area contributed by atoms with Crippen LogP contribution >= 0.6 is 15.9 Å². The zero-order valence-corrected chi connectivity index (χ0v) is 25.6. The molecule has 3 aromatic carbocycles. The zero-order chi connectivity index (χ0) is 29.3. The molecule has 8 nitrogen and oxygen atoms in total. The molecule has 1 atom stereocenters.